The van der Waals surface area contributed by atoms with E-state index in [4.69, 9.17) is 14.5 Å². The molecular formula is C27H28N2O3. The highest BCUT2D eigenvalue weighted by Gasteiger charge is 2.24. The molecule has 1 heterocycles. The van der Waals surface area contributed by atoms with E-state index >= 15 is 0 Å². The van der Waals surface area contributed by atoms with Gasteiger partial charge in [-0.1, -0.05) is 66.7 Å². The zero-order valence-corrected chi connectivity index (χ0v) is 18.7. The predicted molar refractivity (Wildman–Crippen MR) is 127 cm³/mol. The second-order valence-electron chi connectivity index (χ2n) is 8.84. The van der Waals surface area contributed by atoms with E-state index in [2.05, 4.69) is 29.6 Å². The van der Waals surface area contributed by atoms with Gasteiger partial charge >= 0.3 is 6.09 Å². The number of carbonyl (C=O) groups excluding carboxylic acids is 1. The van der Waals surface area contributed by atoms with Gasteiger partial charge in [0.05, 0.1) is 17.4 Å². The first-order chi connectivity index (χ1) is 15.4. The van der Waals surface area contributed by atoms with Crippen LogP contribution in [0.5, 0.6) is 5.75 Å². The van der Waals surface area contributed by atoms with Crippen LogP contribution in [0.1, 0.15) is 37.5 Å². The SMILES string of the molecule is CC(C)(C)OC(=O)N[C@H]1COc2cc(N=C(c3ccccc3)c3ccccc3)ccc2C1. The fourth-order valence-corrected chi connectivity index (χ4v) is 3.61. The molecule has 32 heavy (non-hydrogen) atoms. The van der Waals surface area contributed by atoms with Crippen molar-refractivity contribution in [3.63, 3.8) is 0 Å². The van der Waals surface area contributed by atoms with Gasteiger partial charge in [0, 0.05) is 17.2 Å². The third-order valence-electron chi connectivity index (χ3n) is 5.01. The van der Waals surface area contributed by atoms with Gasteiger partial charge in [-0.05, 0) is 38.8 Å². The monoisotopic (exact) mass is 428 g/mol. The number of alkyl carbamates (subject to hydrolysis) is 1. The lowest BCUT2D eigenvalue weighted by Crippen LogP contribution is -2.44. The molecule has 1 aliphatic rings. The number of amides is 1. The summed E-state index contributed by atoms with van der Waals surface area (Å²) in [5.41, 5.74) is 4.35. The Morgan fingerprint density at radius 1 is 0.969 bits per heavy atom. The maximum absolute atomic E-state index is 12.1. The number of rotatable bonds is 4. The zero-order chi connectivity index (χ0) is 22.6. The first kappa shape index (κ1) is 21.6. The van der Waals surface area contributed by atoms with Crippen LogP contribution in [0.15, 0.2) is 83.9 Å². The Kier molecular flexibility index (Phi) is 6.26. The molecule has 0 aliphatic carbocycles. The molecule has 0 saturated heterocycles. The first-order valence-electron chi connectivity index (χ1n) is 10.8. The largest absolute Gasteiger partial charge is 0.491 e. The molecule has 0 saturated carbocycles. The molecule has 1 atom stereocenters. The lowest BCUT2D eigenvalue weighted by Gasteiger charge is -2.27. The van der Waals surface area contributed by atoms with Gasteiger partial charge in [-0.3, -0.25) is 0 Å². The molecular weight excluding hydrogens is 400 g/mol. The molecule has 1 N–H and O–H groups in total. The maximum atomic E-state index is 12.1. The van der Waals surface area contributed by atoms with Gasteiger partial charge in [-0.25, -0.2) is 9.79 Å². The normalized spacial score (nSPS) is 15.2. The van der Waals surface area contributed by atoms with Gasteiger partial charge in [0.2, 0.25) is 0 Å². The van der Waals surface area contributed by atoms with Crippen molar-refractivity contribution in [2.75, 3.05) is 6.61 Å². The van der Waals surface area contributed by atoms with Crippen LogP contribution in [-0.2, 0) is 11.2 Å². The highest BCUT2D eigenvalue weighted by molar-refractivity contribution is 6.13. The van der Waals surface area contributed by atoms with Gasteiger partial charge in [-0.2, -0.15) is 0 Å². The van der Waals surface area contributed by atoms with E-state index < -0.39 is 11.7 Å². The van der Waals surface area contributed by atoms with Crippen LogP contribution >= 0.6 is 0 Å². The number of benzene rings is 3. The number of ether oxygens (including phenoxy) is 2. The lowest BCUT2D eigenvalue weighted by atomic mass is 10.0. The fraction of sp³-hybridized carbons (Fsp3) is 0.259. The minimum atomic E-state index is -0.528. The Morgan fingerprint density at radius 2 is 1.59 bits per heavy atom. The van der Waals surface area contributed by atoms with Crippen LogP contribution in [0.3, 0.4) is 0 Å². The second kappa shape index (κ2) is 9.27. The van der Waals surface area contributed by atoms with Gasteiger partial charge < -0.3 is 14.8 Å². The van der Waals surface area contributed by atoms with Crippen molar-refractivity contribution in [2.24, 2.45) is 4.99 Å². The highest BCUT2D eigenvalue weighted by atomic mass is 16.6. The van der Waals surface area contributed by atoms with Crippen LogP contribution in [0.2, 0.25) is 0 Å². The Bertz CT molecular complexity index is 1060. The van der Waals surface area contributed by atoms with Crippen molar-refractivity contribution >= 4 is 17.5 Å². The molecule has 1 amide bonds. The molecule has 164 valence electrons. The van der Waals surface area contributed by atoms with Crippen LogP contribution < -0.4 is 10.1 Å². The summed E-state index contributed by atoms with van der Waals surface area (Å²) >= 11 is 0. The minimum Gasteiger partial charge on any atom is -0.491 e. The van der Waals surface area contributed by atoms with Crippen molar-refractivity contribution in [1.29, 1.82) is 0 Å². The van der Waals surface area contributed by atoms with Crippen molar-refractivity contribution in [3.8, 4) is 5.75 Å². The number of hydrogen-bond donors (Lipinski definition) is 1. The number of nitrogens with one attached hydrogen (secondary N) is 1. The zero-order valence-electron chi connectivity index (χ0n) is 18.7. The van der Waals surface area contributed by atoms with E-state index in [-0.39, 0.29) is 6.04 Å². The molecule has 0 aromatic heterocycles. The highest BCUT2D eigenvalue weighted by Crippen LogP contribution is 2.30. The summed E-state index contributed by atoms with van der Waals surface area (Å²) < 4.78 is 11.3. The lowest BCUT2D eigenvalue weighted by molar-refractivity contribution is 0.0481. The van der Waals surface area contributed by atoms with Gasteiger partial charge in [0.1, 0.15) is 18.0 Å². The van der Waals surface area contributed by atoms with Crippen molar-refractivity contribution in [1.82, 2.24) is 5.32 Å². The summed E-state index contributed by atoms with van der Waals surface area (Å²) in [6.45, 7) is 5.94. The molecule has 3 aromatic rings. The number of hydrogen-bond acceptors (Lipinski definition) is 4. The summed E-state index contributed by atoms with van der Waals surface area (Å²) in [6.07, 6.45) is 0.258. The Hall–Kier alpha value is -3.60. The van der Waals surface area contributed by atoms with Crippen LogP contribution in [-0.4, -0.2) is 30.1 Å². The van der Waals surface area contributed by atoms with Gasteiger partial charge in [0.15, 0.2) is 0 Å². The Balaban J connectivity index is 1.55. The van der Waals surface area contributed by atoms with Crippen LogP contribution in [0.4, 0.5) is 10.5 Å². The number of fused-ring (bicyclic) bond motifs is 1. The molecule has 3 aromatic carbocycles. The van der Waals surface area contributed by atoms with E-state index in [1.165, 1.54) is 0 Å². The summed E-state index contributed by atoms with van der Waals surface area (Å²) in [4.78, 5) is 17.0. The molecule has 5 nitrogen and oxygen atoms in total. The van der Waals surface area contributed by atoms with E-state index in [9.17, 15) is 4.79 Å². The third kappa shape index (κ3) is 5.55. The summed E-state index contributed by atoms with van der Waals surface area (Å²) in [7, 11) is 0. The van der Waals surface area contributed by atoms with Crippen LogP contribution in [0.25, 0.3) is 0 Å². The maximum Gasteiger partial charge on any atom is 0.408 e. The smallest absolute Gasteiger partial charge is 0.408 e. The molecule has 0 spiro atoms. The summed E-state index contributed by atoms with van der Waals surface area (Å²) in [6, 6.07) is 26.2. The fourth-order valence-electron chi connectivity index (χ4n) is 3.61. The topological polar surface area (TPSA) is 59.9 Å². The van der Waals surface area contributed by atoms with Gasteiger partial charge in [-0.15, -0.1) is 0 Å². The van der Waals surface area contributed by atoms with Crippen LogP contribution in [0, 0.1) is 0 Å². The minimum absolute atomic E-state index is 0.129. The van der Waals surface area contributed by atoms with Crippen molar-refractivity contribution < 1.29 is 14.3 Å². The molecule has 0 unspecified atom stereocenters. The second-order valence-corrected chi connectivity index (χ2v) is 8.84. The molecule has 0 bridgehead atoms. The molecule has 5 heteroatoms. The quantitative estimate of drug-likeness (QED) is 0.544. The average Bonchev–Trinajstić information content (AvgIpc) is 2.77. The summed E-state index contributed by atoms with van der Waals surface area (Å²) in [5.74, 6) is 0.800. The van der Waals surface area contributed by atoms with E-state index in [0.717, 1.165) is 33.8 Å². The van der Waals surface area contributed by atoms with E-state index in [1.807, 2.05) is 75.4 Å². The van der Waals surface area contributed by atoms with Gasteiger partial charge in [0.25, 0.3) is 0 Å². The van der Waals surface area contributed by atoms with E-state index in [0.29, 0.717) is 13.0 Å². The Morgan fingerprint density at radius 3 is 2.19 bits per heavy atom. The molecule has 1 aliphatic heterocycles. The standard InChI is InChI=1S/C27H28N2O3/c1-27(2,3)32-26(30)29-23-16-21-14-15-22(17-24(21)31-18-23)28-25(19-10-6-4-7-11-19)20-12-8-5-9-13-20/h4-15,17,23H,16,18H2,1-3H3,(H,29,30)/t23-/m1/s1. The number of nitrogens with zero attached hydrogens (tertiary/aromatic N) is 1. The first-order valence-corrected chi connectivity index (χ1v) is 10.8. The molecule has 0 fully saturated rings. The number of carbonyl (C=O) groups is 1. The predicted octanol–water partition coefficient (Wildman–Crippen LogP) is 5.68. The molecule has 4 rings (SSSR count). The Labute approximate surface area is 189 Å². The van der Waals surface area contributed by atoms with E-state index in [1.54, 1.807) is 0 Å². The van der Waals surface area contributed by atoms with Crippen molar-refractivity contribution in [2.45, 2.75) is 38.8 Å². The molecule has 0 radical (unpaired) electrons. The number of aliphatic imine (C=N–C) groups is 1. The third-order valence-corrected chi connectivity index (χ3v) is 5.01. The van der Waals surface area contributed by atoms with Crippen molar-refractivity contribution in [3.05, 3.63) is 95.6 Å². The summed E-state index contributed by atoms with van der Waals surface area (Å²) in [5, 5.41) is 2.89. The average molecular weight is 429 g/mol.